The van der Waals surface area contributed by atoms with Crippen molar-refractivity contribution in [1.82, 2.24) is 5.32 Å². The van der Waals surface area contributed by atoms with Gasteiger partial charge in [-0.25, -0.2) is 9.59 Å². The Kier molecular flexibility index (Phi) is 10.2. The molecule has 1 heterocycles. The van der Waals surface area contributed by atoms with Gasteiger partial charge in [-0.05, 0) is 62.1 Å². The Morgan fingerprint density at radius 3 is 2.02 bits per heavy atom. The van der Waals surface area contributed by atoms with Crippen LogP contribution in [0.2, 0.25) is 0 Å². The topological polar surface area (TPSA) is 221 Å². The van der Waals surface area contributed by atoms with Crippen molar-refractivity contribution in [3.8, 4) is 0 Å². The van der Waals surface area contributed by atoms with Gasteiger partial charge in [0.1, 0.15) is 23.9 Å². The second-order valence-corrected chi connectivity index (χ2v) is 17.1. The molecule has 58 heavy (non-hydrogen) atoms. The molecule has 2 bridgehead atoms. The lowest BCUT2D eigenvalue weighted by Gasteiger charge is -2.67. The van der Waals surface area contributed by atoms with Crippen LogP contribution in [-0.2, 0) is 42.9 Å². The number of hydrogen-bond acceptors (Lipinski definition) is 14. The third-order valence-electron chi connectivity index (χ3n) is 13.4. The minimum absolute atomic E-state index is 0.0217. The van der Waals surface area contributed by atoms with E-state index >= 15 is 4.79 Å². The molecular formula is C43H49NO14. The van der Waals surface area contributed by atoms with Crippen LogP contribution in [0.4, 0.5) is 0 Å². The van der Waals surface area contributed by atoms with Gasteiger partial charge in [0.25, 0.3) is 5.91 Å². The van der Waals surface area contributed by atoms with Gasteiger partial charge in [0.05, 0.1) is 35.1 Å². The molecule has 310 valence electrons. The second kappa shape index (κ2) is 14.4. The highest BCUT2D eigenvalue weighted by Crippen LogP contribution is 2.64. The molecule has 4 N–H and O–H groups in total. The normalized spacial score (nSPS) is 34.6. The molecule has 0 aromatic heterocycles. The Hall–Kier alpha value is -4.96. The standard InChI is InChI=1S/C43H49NO14/c1-22-27(56-38(52)34(49)41(17-18-41)44-36(50)25-13-9-7-10-14-25)20-43(53)35(57-37(51)26-15-11-8-12-16-26)32-40(6,28(47)19-29-42(32,21-54-29)58-24(3)46)33(48)31(55-23(2)45)30(22)39(43,4)5/h7-16,27-29,31-32,34-35,47,49,53H,17-21H2,1-6H3,(H,44,50)/t27-,28-,29+,31+,32?,34-,35-,40+,42-,43+/m0/s1. The Morgan fingerprint density at radius 1 is 0.879 bits per heavy atom. The number of ether oxygens (including phenoxy) is 5. The number of amides is 1. The lowest BCUT2D eigenvalue weighted by molar-refractivity contribution is -0.346. The fourth-order valence-corrected chi connectivity index (χ4v) is 9.94. The fourth-order valence-electron chi connectivity index (χ4n) is 9.94. The summed E-state index contributed by atoms with van der Waals surface area (Å²) in [6.45, 7) is 8.03. The summed E-state index contributed by atoms with van der Waals surface area (Å²) >= 11 is 0. The van der Waals surface area contributed by atoms with E-state index in [4.69, 9.17) is 23.7 Å². The predicted octanol–water partition coefficient (Wildman–Crippen LogP) is 2.53. The van der Waals surface area contributed by atoms with Gasteiger partial charge in [0, 0.05) is 37.7 Å². The highest BCUT2D eigenvalue weighted by atomic mass is 16.6. The van der Waals surface area contributed by atoms with Gasteiger partial charge >= 0.3 is 23.9 Å². The number of Topliss-reactive ketones (excluding diaryl/α,β-unsaturated/α-hetero) is 1. The number of fused-ring (bicyclic) bond motifs is 5. The Morgan fingerprint density at radius 2 is 1.48 bits per heavy atom. The van der Waals surface area contributed by atoms with Crippen molar-refractivity contribution < 1.29 is 67.8 Å². The number of aliphatic hydroxyl groups excluding tert-OH is 2. The van der Waals surface area contributed by atoms with Crippen molar-refractivity contribution in [2.45, 2.75) is 121 Å². The number of nitrogens with one attached hydrogen (secondary N) is 1. The maximum Gasteiger partial charge on any atom is 0.338 e. The zero-order valence-corrected chi connectivity index (χ0v) is 33.2. The molecule has 1 amide bonds. The van der Waals surface area contributed by atoms with E-state index in [0.29, 0.717) is 5.56 Å². The van der Waals surface area contributed by atoms with Crippen molar-refractivity contribution >= 4 is 35.6 Å². The molecule has 1 aliphatic heterocycles. The average Bonchev–Trinajstić information content (AvgIpc) is 3.96. The van der Waals surface area contributed by atoms with Crippen LogP contribution in [0.1, 0.15) is 87.9 Å². The molecule has 2 aromatic carbocycles. The van der Waals surface area contributed by atoms with E-state index in [1.807, 2.05) is 0 Å². The summed E-state index contributed by atoms with van der Waals surface area (Å²) in [5.74, 6) is -6.60. The molecule has 15 heteroatoms. The van der Waals surface area contributed by atoms with E-state index in [2.05, 4.69) is 5.32 Å². The van der Waals surface area contributed by atoms with Crippen LogP contribution in [0.25, 0.3) is 0 Å². The van der Waals surface area contributed by atoms with Crippen LogP contribution in [0.3, 0.4) is 0 Å². The van der Waals surface area contributed by atoms with Crippen molar-refractivity contribution in [3.63, 3.8) is 0 Å². The largest absolute Gasteiger partial charge is 0.456 e. The van der Waals surface area contributed by atoms with Crippen LogP contribution in [-0.4, -0.2) is 111 Å². The fraction of sp³-hybridized carbons (Fsp3) is 0.535. The number of benzene rings is 2. The van der Waals surface area contributed by atoms with Crippen molar-refractivity contribution in [1.29, 1.82) is 0 Å². The Bertz CT molecular complexity index is 2060. The summed E-state index contributed by atoms with van der Waals surface area (Å²) in [6.07, 6.45) is -9.61. The monoisotopic (exact) mass is 803 g/mol. The molecule has 10 atom stereocenters. The molecule has 4 fully saturated rings. The van der Waals surface area contributed by atoms with Gasteiger partial charge in [-0.15, -0.1) is 0 Å². The van der Waals surface area contributed by atoms with E-state index in [1.165, 1.54) is 26.0 Å². The summed E-state index contributed by atoms with van der Waals surface area (Å²) in [5, 5.41) is 39.8. The average molecular weight is 804 g/mol. The minimum atomic E-state index is -2.35. The smallest absolute Gasteiger partial charge is 0.338 e. The number of ketones is 1. The van der Waals surface area contributed by atoms with Crippen LogP contribution >= 0.6 is 0 Å². The van der Waals surface area contributed by atoms with Crippen LogP contribution in [0, 0.1) is 16.7 Å². The van der Waals surface area contributed by atoms with Crippen molar-refractivity contribution in [2.75, 3.05) is 6.61 Å². The highest BCUT2D eigenvalue weighted by Gasteiger charge is 2.78. The molecule has 15 nitrogen and oxygen atoms in total. The minimum Gasteiger partial charge on any atom is -0.456 e. The quantitative estimate of drug-likeness (QED) is 0.163. The summed E-state index contributed by atoms with van der Waals surface area (Å²) in [7, 11) is 0. The summed E-state index contributed by atoms with van der Waals surface area (Å²) in [6, 6.07) is 16.1. The van der Waals surface area contributed by atoms with Crippen LogP contribution in [0.5, 0.6) is 0 Å². The van der Waals surface area contributed by atoms with Gasteiger partial charge in [-0.1, -0.05) is 50.2 Å². The van der Waals surface area contributed by atoms with E-state index in [9.17, 15) is 39.3 Å². The number of esters is 4. The first kappa shape index (κ1) is 41.2. The molecule has 0 spiro atoms. The number of aliphatic hydroxyl groups is 3. The number of carbonyl (C=O) groups excluding carboxylic acids is 6. The lowest BCUT2D eigenvalue weighted by atomic mass is 9.44. The number of carbonyl (C=O) groups is 6. The summed E-state index contributed by atoms with van der Waals surface area (Å²) < 4.78 is 30.1. The van der Waals surface area contributed by atoms with Crippen molar-refractivity contribution in [3.05, 3.63) is 82.9 Å². The van der Waals surface area contributed by atoms with Gasteiger partial charge in [-0.2, -0.15) is 0 Å². The predicted molar refractivity (Wildman–Crippen MR) is 200 cm³/mol. The van der Waals surface area contributed by atoms with Gasteiger partial charge in [0.15, 0.2) is 23.6 Å². The summed E-state index contributed by atoms with van der Waals surface area (Å²) in [5.41, 5.74) is -8.49. The van der Waals surface area contributed by atoms with Gasteiger partial charge in [0.2, 0.25) is 0 Å². The first-order valence-corrected chi connectivity index (χ1v) is 19.4. The molecule has 0 radical (unpaired) electrons. The van der Waals surface area contributed by atoms with E-state index in [0.717, 1.165) is 13.8 Å². The molecule has 5 aliphatic rings. The zero-order valence-electron chi connectivity index (χ0n) is 33.2. The number of hydrogen-bond donors (Lipinski definition) is 4. The van der Waals surface area contributed by atoms with Crippen LogP contribution < -0.4 is 5.32 Å². The maximum absolute atomic E-state index is 15.4. The van der Waals surface area contributed by atoms with E-state index in [1.54, 1.807) is 62.4 Å². The Balaban J connectivity index is 1.37. The summed E-state index contributed by atoms with van der Waals surface area (Å²) in [4.78, 5) is 82.4. The first-order valence-electron chi connectivity index (χ1n) is 19.4. The number of rotatable bonds is 9. The second-order valence-electron chi connectivity index (χ2n) is 17.1. The molecule has 7 rings (SSSR count). The lowest BCUT2D eigenvalue weighted by Crippen LogP contribution is -2.82. The van der Waals surface area contributed by atoms with E-state index < -0.39 is 112 Å². The highest BCUT2D eigenvalue weighted by molar-refractivity contribution is 5.96. The van der Waals surface area contributed by atoms with E-state index in [-0.39, 0.29) is 42.6 Å². The molecule has 4 aliphatic carbocycles. The molecule has 1 saturated heterocycles. The maximum atomic E-state index is 15.4. The zero-order chi connectivity index (χ0) is 42.2. The first-order chi connectivity index (χ1) is 27.2. The molecule has 2 aromatic rings. The van der Waals surface area contributed by atoms with Crippen molar-refractivity contribution in [2.24, 2.45) is 16.7 Å². The SMILES string of the molecule is CC(=O)O[C@H]1C(=O)[C@@]2(C)C([C@H](OC(=O)c3ccccc3)[C@]3(O)C[C@H](OC(=O)[C@H](O)C4(NC(=O)c5ccccc5)CC4)C(C)=C1C3(C)C)[C@]1(OC(C)=O)CO[C@@H]1C[C@@H]2O. The Labute approximate surface area is 335 Å². The molecule has 3 saturated carbocycles. The molecule has 1 unspecified atom stereocenters. The molecular weight excluding hydrogens is 754 g/mol. The van der Waals surface area contributed by atoms with Gasteiger partial charge < -0.3 is 44.3 Å². The van der Waals surface area contributed by atoms with Crippen LogP contribution in [0.15, 0.2) is 71.8 Å². The third-order valence-corrected chi connectivity index (χ3v) is 13.4. The third kappa shape index (κ3) is 6.33. The van der Waals surface area contributed by atoms with Gasteiger partial charge in [-0.3, -0.25) is 19.2 Å².